The van der Waals surface area contributed by atoms with Crippen molar-refractivity contribution >= 4 is 11.6 Å². The zero-order valence-corrected chi connectivity index (χ0v) is 14.0. The SMILES string of the molecule is Nc1ncn(-c2ccc(-c3ccccc3)cc2)c1C(=O)c1ccccc1. The van der Waals surface area contributed by atoms with E-state index in [0.29, 0.717) is 11.3 Å². The number of imidazole rings is 1. The Morgan fingerprint density at radius 2 is 1.35 bits per heavy atom. The number of anilines is 1. The Morgan fingerprint density at radius 1 is 0.769 bits per heavy atom. The summed E-state index contributed by atoms with van der Waals surface area (Å²) in [5.74, 6) is 0.0822. The largest absolute Gasteiger partial charge is 0.382 e. The molecule has 0 aliphatic carbocycles. The van der Waals surface area contributed by atoms with E-state index in [9.17, 15) is 4.79 Å². The van der Waals surface area contributed by atoms with Crippen LogP contribution in [0.25, 0.3) is 16.8 Å². The van der Waals surface area contributed by atoms with Gasteiger partial charge in [0.2, 0.25) is 5.78 Å². The monoisotopic (exact) mass is 339 g/mol. The van der Waals surface area contributed by atoms with E-state index in [1.54, 1.807) is 23.0 Å². The van der Waals surface area contributed by atoms with Gasteiger partial charge in [-0.2, -0.15) is 0 Å². The molecule has 2 N–H and O–H groups in total. The van der Waals surface area contributed by atoms with Gasteiger partial charge in [0.05, 0.1) is 0 Å². The molecular formula is C22H17N3O. The lowest BCUT2D eigenvalue weighted by Gasteiger charge is -2.09. The highest BCUT2D eigenvalue weighted by Crippen LogP contribution is 2.24. The van der Waals surface area contributed by atoms with E-state index in [-0.39, 0.29) is 11.6 Å². The number of benzene rings is 3. The minimum absolute atomic E-state index is 0.146. The van der Waals surface area contributed by atoms with Gasteiger partial charge in [-0.25, -0.2) is 4.98 Å². The number of aromatic nitrogens is 2. The van der Waals surface area contributed by atoms with Gasteiger partial charge in [-0.3, -0.25) is 9.36 Å². The molecule has 0 amide bonds. The third kappa shape index (κ3) is 2.89. The van der Waals surface area contributed by atoms with Crippen molar-refractivity contribution in [3.63, 3.8) is 0 Å². The first kappa shape index (κ1) is 15.8. The minimum Gasteiger partial charge on any atom is -0.382 e. The fourth-order valence-corrected chi connectivity index (χ4v) is 2.96. The van der Waals surface area contributed by atoms with E-state index in [2.05, 4.69) is 17.1 Å². The Kier molecular flexibility index (Phi) is 4.07. The maximum atomic E-state index is 12.9. The van der Waals surface area contributed by atoms with Gasteiger partial charge in [0, 0.05) is 11.3 Å². The van der Waals surface area contributed by atoms with Crippen molar-refractivity contribution in [2.45, 2.75) is 0 Å². The first-order chi connectivity index (χ1) is 12.7. The molecule has 0 aliphatic rings. The van der Waals surface area contributed by atoms with E-state index in [1.165, 1.54) is 0 Å². The zero-order valence-electron chi connectivity index (χ0n) is 14.0. The second-order valence-electron chi connectivity index (χ2n) is 5.96. The molecule has 0 unspecified atom stereocenters. The Bertz CT molecular complexity index is 1040. The smallest absolute Gasteiger partial charge is 0.213 e. The molecule has 0 atom stereocenters. The summed E-state index contributed by atoms with van der Waals surface area (Å²) in [4.78, 5) is 17.0. The van der Waals surface area contributed by atoms with E-state index in [0.717, 1.165) is 16.8 Å². The van der Waals surface area contributed by atoms with Crippen molar-refractivity contribution in [1.82, 2.24) is 9.55 Å². The summed E-state index contributed by atoms with van der Waals surface area (Å²) in [7, 11) is 0. The molecule has 0 aliphatic heterocycles. The maximum absolute atomic E-state index is 12.9. The Hall–Kier alpha value is -3.66. The van der Waals surface area contributed by atoms with E-state index < -0.39 is 0 Å². The van der Waals surface area contributed by atoms with Gasteiger partial charge in [0.15, 0.2) is 5.82 Å². The van der Waals surface area contributed by atoms with Crippen LogP contribution in [0, 0.1) is 0 Å². The summed E-state index contributed by atoms with van der Waals surface area (Å²) in [6.45, 7) is 0. The highest BCUT2D eigenvalue weighted by molar-refractivity contribution is 6.10. The standard InChI is InChI=1S/C22H17N3O/c23-22-20(21(26)18-9-5-2-6-10-18)25(15-24-22)19-13-11-17(12-14-19)16-7-3-1-4-8-16/h1-15H,23H2. The van der Waals surface area contributed by atoms with Gasteiger partial charge >= 0.3 is 0 Å². The summed E-state index contributed by atoms with van der Waals surface area (Å²) < 4.78 is 1.74. The van der Waals surface area contributed by atoms with Gasteiger partial charge in [-0.15, -0.1) is 0 Å². The fraction of sp³-hybridized carbons (Fsp3) is 0. The highest BCUT2D eigenvalue weighted by atomic mass is 16.1. The Labute approximate surface area is 151 Å². The van der Waals surface area contributed by atoms with Crippen molar-refractivity contribution in [2.75, 3.05) is 5.73 Å². The molecule has 0 saturated heterocycles. The van der Waals surface area contributed by atoms with Gasteiger partial charge in [-0.1, -0.05) is 72.8 Å². The summed E-state index contributed by atoms with van der Waals surface area (Å²) >= 11 is 0. The molecule has 126 valence electrons. The quantitative estimate of drug-likeness (QED) is 0.562. The molecule has 3 aromatic carbocycles. The summed E-state index contributed by atoms with van der Waals surface area (Å²) in [6.07, 6.45) is 1.59. The molecule has 0 spiro atoms. The molecule has 1 heterocycles. The molecule has 0 saturated carbocycles. The second kappa shape index (κ2) is 6.69. The fourth-order valence-electron chi connectivity index (χ4n) is 2.96. The predicted molar refractivity (Wildman–Crippen MR) is 103 cm³/mol. The Morgan fingerprint density at radius 3 is 2.00 bits per heavy atom. The molecule has 26 heavy (non-hydrogen) atoms. The number of rotatable bonds is 4. The number of ketones is 1. The van der Waals surface area contributed by atoms with Crippen LogP contribution in [-0.4, -0.2) is 15.3 Å². The van der Waals surface area contributed by atoms with Crippen LogP contribution >= 0.6 is 0 Å². The molecule has 4 rings (SSSR count). The van der Waals surface area contributed by atoms with E-state index in [1.807, 2.05) is 60.7 Å². The van der Waals surface area contributed by atoms with Crippen molar-refractivity contribution in [2.24, 2.45) is 0 Å². The van der Waals surface area contributed by atoms with Crippen LogP contribution in [0.15, 0.2) is 91.3 Å². The molecule has 4 aromatic rings. The lowest BCUT2D eigenvalue weighted by Crippen LogP contribution is -2.10. The first-order valence-electron chi connectivity index (χ1n) is 8.32. The molecule has 0 radical (unpaired) electrons. The number of nitrogen functional groups attached to an aromatic ring is 1. The molecule has 0 bridgehead atoms. The molecule has 1 aromatic heterocycles. The van der Waals surface area contributed by atoms with Crippen molar-refractivity contribution in [1.29, 1.82) is 0 Å². The highest BCUT2D eigenvalue weighted by Gasteiger charge is 2.19. The van der Waals surface area contributed by atoms with Crippen LogP contribution in [0.2, 0.25) is 0 Å². The average molecular weight is 339 g/mol. The third-order valence-corrected chi connectivity index (χ3v) is 4.30. The predicted octanol–water partition coefficient (Wildman–Crippen LogP) is 4.35. The van der Waals surface area contributed by atoms with Crippen molar-refractivity contribution < 1.29 is 4.79 Å². The van der Waals surface area contributed by atoms with Gasteiger partial charge in [0.25, 0.3) is 0 Å². The number of hydrogen-bond donors (Lipinski definition) is 1. The van der Waals surface area contributed by atoms with Gasteiger partial charge < -0.3 is 5.73 Å². The molecular weight excluding hydrogens is 322 g/mol. The first-order valence-corrected chi connectivity index (χ1v) is 8.32. The van der Waals surface area contributed by atoms with Crippen LogP contribution in [-0.2, 0) is 0 Å². The van der Waals surface area contributed by atoms with Crippen LogP contribution < -0.4 is 5.73 Å². The average Bonchev–Trinajstić information content (AvgIpc) is 3.10. The number of carbonyl (C=O) groups excluding carboxylic acids is 1. The second-order valence-corrected chi connectivity index (χ2v) is 5.96. The maximum Gasteiger partial charge on any atom is 0.213 e. The number of carbonyl (C=O) groups is 1. The lowest BCUT2D eigenvalue weighted by atomic mass is 10.1. The normalized spacial score (nSPS) is 10.6. The minimum atomic E-state index is -0.146. The number of nitrogens with zero attached hydrogens (tertiary/aromatic N) is 2. The number of nitrogens with two attached hydrogens (primary N) is 1. The van der Waals surface area contributed by atoms with Gasteiger partial charge in [0.1, 0.15) is 12.0 Å². The van der Waals surface area contributed by atoms with Crippen molar-refractivity contribution in [3.8, 4) is 16.8 Å². The van der Waals surface area contributed by atoms with Crippen LogP contribution in [0.3, 0.4) is 0 Å². The van der Waals surface area contributed by atoms with Crippen LogP contribution in [0.1, 0.15) is 16.1 Å². The third-order valence-electron chi connectivity index (χ3n) is 4.30. The summed E-state index contributed by atoms with van der Waals surface area (Å²) in [5, 5.41) is 0. The van der Waals surface area contributed by atoms with Crippen LogP contribution in [0.5, 0.6) is 0 Å². The molecule has 4 heteroatoms. The zero-order chi connectivity index (χ0) is 17.9. The van der Waals surface area contributed by atoms with Gasteiger partial charge in [-0.05, 0) is 23.3 Å². The van der Waals surface area contributed by atoms with E-state index >= 15 is 0 Å². The lowest BCUT2D eigenvalue weighted by molar-refractivity contribution is 0.103. The summed E-state index contributed by atoms with van der Waals surface area (Å²) in [5.41, 5.74) is 10.0. The topological polar surface area (TPSA) is 60.9 Å². The van der Waals surface area contributed by atoms with Crippen LogP contribution in [0.4, 0.5) is 5.82 Å². The van der Waals surface area contributed by atoms with Crippen molar-refractivity contribution in [3.05, 3.63) is 103 Å². The number of hydrogen-bond acceptors (Lipinski definition) is 3. The molecule has 0 fully saturated rings. The molecule has 4 nitrogen and oxygen atoms in total. The van der Waals surface area contributed by atoms with E-state index in [4.69, 9.17) is 5.73 Å². The summed E-state index contributed by atoms with van der Waals surface area (Å²) in [6, 6.07) is 27.2. The Balaban J connectivity index is 1.72.